The zero-order valence-electron chi connectivity index (χ0n) is 11.0. The van der Waals surface area contributed by atoms with Crippen LogP contribution >= 0.6 is 0 Å². The average Bonchev–Trinajstić information content (AvgIpc) is 2.80. The normalized spacial score (nSPS) is 26.2. The van der Waals surface area contributed by atoms with E-state index in [1.165, 1.54) is 0 Å². The SMILES string of the molecule is NC1(C(=O)O)CN(S(=O)(=O)NC=O)CC1c1cbccc1. The number of amides is 1. The van der Waals surface area contributed by atoms with Crippen molar-refractivity contribution in [1.82, 2.24) is 9.03 Å². The van der Waals surface area contributed by atoms with Gasteiger partial charge < -0.3 is 0 Å². The maximum atomic E-state index is 11.9. The summed E-state index contributed by atoms with van der Waals surface area (Å²) in [5.41, 5.74) is 4.82. The molecule has 21 heavy (non-hydrogen) atoms. The second kappa shape index (κ2) is 5.55. The molecule has 2 rings (SSSR count). The first-order chi connectivity index (χ1) is 9.81. The van der Waals surface area contributed by atoms with Crippen LogP contribution in [0.4, 0.5) is 0 Å². The first-order valence-electron chi connectivity index (χ1n) is 6.09. The van der Waals surface area contributed by atoms with E-state index in [4.69, 9.17) is 5.73 Å². The van der Waals surface area contributed by atoms with Gasteiger partial charge in [-0.15, -0.1) is 0 Å². The second-order valence-electron chi connectivity index (χ2n) is 4.84. The van der Waals surface area contributed by atoms with Crippen LogP contribution in [-0.4, -0.2) is 55.7 Å². The number of carbonyl (C=O) groups is 2. The monoisotopic (exact) mass is 311 g/mol. The molecule has 2 heterocycles. The quantitative estimate of drug-likeness (QED) is 0.550. The van der Waals surface area contributed by atoms with Gasteiger partial charge in [-0.05, 0) is 0 Å². The van der Waals surface area contributed by atoms with Gasteiger partial charge in [-0.25, -0.2) is 0 Å². The predicted molar refractivity (Wildman–Crippen MR) is 74.8 cm³/mol. The van der Waals surface area contributed by atoms with Crippen molar-refractivity contribution in [2.45, 2.75) is 11.5 Å². The van der Waals surface area contributed by atoms with Crippen LogP contribution in [0.25, 0.3) is 0 Å². The van der Waals surface area contributed by atoms with Crippen LogP contribution in [0.5, 0.6) is 0 Å². The molecule has 0 bridgehead atoms. The summed E-state index contributed by atoms with van der Waals surface area (Å²) >= 11 is 0. The molecule has 1 amide bonds. The molecule has 1 aromatic heterocycles. The maximum absolute atomic E-state index is 11.9. The topological polar surface area (TPSA) is 130 Å². The number of aliphatic carboxylic acids is 1. The van der Waals surface area contributed by atoms with E-state index < -0.39 is 34.2 Å². The van der Waals surface area contributed by atoms with E-state index in [1.807, 2.05) is 0 Å². The molecule has 0 aliphatic carbocycles. The van der Waals surface area contributed by atoms with Crippen LogP contribution < -0.4 is 10.5 Å². The van der Waals surface area contributed by atoms with Crippen molar-refractivity contribution < 1.29 is 23.1 Å². The zero-order chi connectivity index (χ0) is 15.7. The molecule has 0 aromatic carbocycles. The van der Waals surface area contributed by atoms with Crippen LogP contribution in [0.3, 0.4) is 0 Å². The Kier molecular flexibility index (Phi) is 4.12. The van der Waals surface area contributed by atoms with E-state index in [-0.39, 0.29) is 13.0 Å². The molecule has 0 spiro atoms. The Balaban J connectivity index is 2.40. The van der Waals surface area contributed by atoms with Gasteiger partial charge in [0.05, 0.1) is 0 Å². The molecule has 10 heteroatoms. The van der Waals surface area contributed by atoms with E-state index in [2.05, 4.69) is 0 Å². The molecular formula is C11H14BN3O5S. The molecule has 8 nitrogen and oxygen atoms in total. The Morgan fingerprint density at radius 2 is 2.33 bits per heavy atom. The minimum absolute atomic E-state index is 0.0319. The molecule has 2 atom stereocenters. The molecule has 1 aromatic rings. The van der Waals surface area contributed by atoms with E-state index in [0.717, 1.165) is 4.31 Å². The standard InChI is InChI=1S/C11H14BN3O5S/c13-11(10(17)18)6-15(21(19,20)14-7-16)5-9(11)8-2-1-3-12-4-8/h1-4,7,9H,5-6,13H2,(H,14,16)(H,17,18). The Labute approximate surface area is 122 Å². The summed E-state index contributed by atoms with van der Waals surface area (Å²) in [6.07, 6.45) is 0.0319. The molecule has 4 N–H and O–H groups in total. The Morgan fingerprint density at radius 1 is 1.62 bits per heavy atom. The van der Waals surface area contributed by atoms with Crippen LogP contribution in [0.2, 0.25) is 0 Å². The number of carbonyl (C=O) groups excluding carboxylic acids is 1. The summed E-state index contributed by atoms with van der Waals surface area (Å²) < 4.78 is 26.3. The number of nitrogens with zero attached hydrogens (tertiary/aromatic N) is 1. The Bertz CT molecular complexity index is 653. The van der Waals surface area contributed by atoms with Crippen molar-refractivity contribution in [3.05, 3.63) is 29.6 Å². The van der Waals surface area contributed by atoms with Gasteiger partial charge in [0.2, 0.25) is 0 Å². The first kappa shape index (κ1) is 15.6. The van der Waals surface area contributed by atoms with Gasteiger partial charge in [-0.3, -0.25) is 0 Å². The summed E-state index contributed by atoms with van der Waals surface area (Å²) in [5, 5.41) is 9.38. The summed E-state index contributed by atoms with van der Waals surface area (Å²) in [7, 11) is -4.08. The van der Waals surface area contributed by atoms with Gasteiger partial charge >= 0.3 is 122 Å². The van der Waals surface area contributed by atoms with E-state index >= 15 is 0 Å². The number of hydrogen-bond acceptors (Lipinski definition) is 5. The molecule has 0 saturated carbocycles. The second-order valence-corrected chi connectivity index (χ2v) is 6.54. The minimum atomic E-state index is -4.08. The van der Waals surface area contributed by atoms with Crippen molar-refractivity contribution in [2.75, 3.05) is 13.1 Å². The molecule has 112 valence electrons. The van der Waals surface area contributed by atoms with Crippen molar-refractivity contribution in [3.63, 3.8) is 0 Å². The fourth-order valence-electron chi connectivity index (χ4n) is 2.46. The summed E-state index contributed by atoms with van der Waals surface area (Å²) in [6, 6.07) is 3.41. The third-order valence-electron chi connectivity index (χ3n) is 3.58. The van der Waals surface area contributed by atoms with E-state index in [9.17, 15) is 23.1 Å². The number of carboxylic acid groups (broad SMARTS) is 1. The van der Waals surface area contributed by atoms with Gasteiger partial charge in [-0.2, -0.15) is 0 Å². The molecule has 2 unspecified atom stereocenters. The Morgan fingerprint density at radius 3 is 2.86 bits per heavy atom. The molecular weight excluding hydrogens is 297 g/mol. The number of carboxylic acids is 1. The first-order valence-corrected chi connectivity index (χ1v) is 7.53. The predicted octanol–water partition coefficient (Wildman–Crippen LogP) is -1.80. The molecule has 1 saturated heterocycles. The number of hydrogen-bond donors (Lipinski definition) is 3. The van der Waals surface area contributed by atoms with Crippen LogP contribution in [0.1, 0.15) is 11.5 Å². The summed E-state index contributed by atoms with van der Waals surface area (Å²) in [4.78, 5) is 21.9. The van der Waals surface area contributed by atoms with Crippen molar-refractivity contribution in [2.24, 2.45) is 5.73 Å². The van der Waals surface area contributed by atoms with E-state index in [0.29, 0.717) is 5.56 Å². The molecule has 0 radical (unpaired) electrons. The average molecular weight is 311 g/mol. The summed E-state index contributed by atoms with van der Waals surface area (Å²) in [6.45, 7) is 1.19. The molecule has 1 aliphatic rings. The Hall–Kier alpha value is -1.78. The van der Waals surface area contributed by atoms with Crippen molar-refractivity contribution in [3.8, 4) is 0 Å². The van der Waals surface area contributed by atoms with Crippen molar-refractivity contribution in [1.29, 1.82) is 0 Å². The van der Waals surface area contributed by atoms with Crippen LogP contribution in [0.15, 0.2) is 24.1 Å². The zero-order valence-corrected chi connectivity index (χ0v) is 11.8. The van der Waals surface area contributed by atoms with Gasteiger partial charge in [0.25, 0.3) is 0 Å². The van der Waals surface area contributed by atoms with Crippen LogP contribution in [0, 0.1) is 0 Å². The fourth-order valence-corrected chi connectivity index (χ4v) is 3.46. The summed E-state index contributed by atoms with van der Waals surface area (Å²) in [5.74, 6) is 1.46. The molecule has 1 fully saturated rings. The number of nitrogens with two attached hydrogens (primary N) is 1. The van der Waals surface area contributed by atoms with Gasteiger partial charge in [-0.1, -0.05) is 0 Å². The van der Waals surface area contributed by atoms with E-state index in [1.54, 1.807) is 35.7 Å². The number of rotatable bonds is 5. The third kappa shape index (κ3) is 2.82. The van der Waals surface area contributed by atoms with Crippen molar-refractivity contribution >= 4 is 29.5 Å². The third-order valence-corrected chi connectivity index (χ3v) is 4.94. The van der Waals surface area contributed by atoms with Gasteiger partial charge in [0.1, 0.15) is 0 Å². The molecule has 1 aliphatic heterocycles. The fraction of sp³-hybridized carbons (Fsp3) is 0.364. The van der Waals surface area contributed by atoms with Crippen LogP contribution in [-0.2, 0) is 19.8 Å². The van der Waals surface area contributed by atoms with Gasteiger partial charge in [0.15, 0.2) is 0 Å². The van der Waals surface area contributed by atoms with Gasteiger partial charge in [0, 0.05) is 0 Å². The number of nitrogens with one attached hydrogen (secondary N) is 1.